The number of piperidine rings is 2. The van der Waals surface area contributed by atoms with Gasteiger partial charge < -0.3 is 28.6 Å². The second-order valence-electron chi connectivity index (χ2n) is 17.7. The summed E-state index contributed by atoms with van der Waals surface area (Å²) < 4.78 is 12.2. The number of carbonyl (C=O) groups excluding carboxylic acids is 3. The summed E-state index contributed by atoms with van der Waals surface area (Å²) in [4.78, 5) is 77.1. The SMILES string of the molecule is CNOC.CON(C)C(=O)c1nc([C@@H]2CC[C@@H](C)N(C(=O)c3ccccc3-n3nccn3)C2)oc1-c1ccccc1.C[C@@H]1CC[C@@H](c2nc(C(=O)O)c(-c3ccccc3)o2)CN1C(=O)c1ccccc1-n1nccn1.Cl. The first kappa shape index (κ1) is 55.4. The summed E-state index contributed by atoms with van der Waals surface area (Å²) in [6, 6.07) is 33.0. The van der Waals surface area contributed by atoms with Gasteiger partial charge in [-0.25, -0.2) is 25.3 Å². The minimum Gasteiger partial charge on any atom is -0.476 e. The standard InChI is InChI=1S/C27H28N6O4.C25H23N5O4.C2H7NO.ClH/c1-18-13-14-20(17-32(18)26(34)21-11-7-8-12-22(21)33-28-15-16-29-33)25-30-23(27(35)31(2)36-3)24(37-25)19-9-5-4-6-10-19;1-16-11-12-18(23-28-21(25(32)33)22(34-23)17-7-3-2-4-8-17)15-29(16)24(31)19-9-5-6-10-20(19)30-26-13-14-27-30;1-3-4-2;/h4-12,15-16,18,20H,13-14,17H2,1-3H3;2-10,13-14,16,18H,11-12,15H2,1H3,(H,32,33);3H,1-2H3;1H/t18-,20-;16-,18-;;/m11../s1. The molecule has 76 heavy (non-hydrogen) atoms. The summed E-state index contributed by atoms with van der Waals surface area (Å²) in [5, 5.41) is 27.5. The van der Waals surface area contributed by atoms with Gasteiger partial charge in [0.15, 0.2) is 22.9 Å². The van der Waals surface area contributed by atoms with E-state index in [0.717, 1.165) is 36.3 Å². The number of benzene rings is 4. The second-order valence-corrected chi connectivity index (χ2v) is 17.7. The average Bonchev–Trinajstić information content (AvgIpc) is 4.33. The van der Waals surface area contributed by atoms with Gasteiger partial charge in [0.2, 0.25) is 11.8 Å². The molecule has 0 saturated carbocycles. The van der Waals surface area contributed by atoms with Gasteiger partial charge in [-0.2, -0.15) is 30.0 Å². The third kappa shape index (κ3) is 12.4. The Hall–Kier alpha value is -8.37. The largest absolute Gasteiger partial charge is 0.476 e. The molecule has 21 nitrogen and oxygen atoms in total. The highest BCUT2D eigenvalue weighted by atomic mass is 35.5. The van der Waals surface area contributed by atoms with E-state index in [4.69, 9.17) is 13.7 Å². The molecule has 2 saturated heterocycles. The van der Waals surface area contributed by atoms with Gasteiger partial charge in [-0.1, -0.05) is 84.9 Å². The van der Waals surface area contributed by atoms with Crippen LogP contribution >= 0.6 is 12.4 Å². The van der Waals surface area contributed by atoms with Crippen LogP contribution in [0.5, 0.6) is 0 Å². The van der Waals surface area contributed by atoms with Crippen molar-refractivity contribution >= 4 is 36.1 Å². The van der Waals surface area contributed by atoms with Crippen LogP contribution in [0, 0.1) is 0 Å². The first-order valence-corrected chi connectivity index (χ1v) is 24.3. The minimum absolute atomic E-state index is 0. The number of aromatic nitrogens is 8. The topological polar surface area (TPSA) is 242 Å². The van der Waals surface area contributed by atoms with Gasteiger partial charge in [-0.15, -0.1) is 12.4 Å². The van der Waals surface area contributed by atoms with E-state index < -0.39 is 11.9 Å². The van der Waals surface area contributed by atoms with Crippen molar-refractivity contribution in [1.82, 2.24) is 60.3 Å². The first-order chi connectivity index (χ1) is 36.4. The van der Waals surface area contributed by atoms with Crippen LogP contribution in [-0.2, 0) is 9.68 Å². The Morgan fingerprint density at radius 1 is 0.605 bits per heavy atom. The molecule has 22 heteroatoms. The maximum atomic E-state index is 13.8. The molecule has 4 atom stereocenters. The van der Waals surface area contributed by atoms with Crippen LogP contribution in [0.25, 0.3) is 34.0 Å². The van der Waals surface area contributed by atoms with Gasteiger partial charge in [0.05, 0.1) is 73.3 Å². The van der Waals surface area contributed by atoms with E-state index in [0.29, 0.717) is 58.7 Å². The van der Waals surface area contributed by atoms with Crippen molar-refractivity contribution in [3.05, 3.63) is 168 Å². The third-order valence-corrected chi connectivity index (χ3v) is 13.1. The summed E-state index contributed by atoms with van der Waals surface area (Å²) in [7, 11) is 6.23. The number of para-hydroxylation sites is 2. The van der Waals surface area contributed by atoms with E-state index in [1.165, 1.54) is 23.8 Å². The van der Waals surface area contributed by atoms with E-state index in [1.807, 2.05) is 97.6 Å². The lowest BCUT2D eigenvalue weighted by Crippen LogP contribution is -2.45. The number of oxazole rings is 2. The van der Waals surface area contributed by atoms with Crippen LogP contribution in [-0.4, -0.2) is 137 Å². The Bertz CT molecular complexity index is 3170. The molecule has 0 spiro atoms. The summed E-state index contributed by atoms with van der Waals surface area (Å²) in [5.74, 6) is -0.820. The smallest absolute Gasteiger partial charge is 0.358 e. The third-order valence-electron chi connectivity index (χ3n) is 13.1. The van der Waals surface area contributed by atoms with Crippen molar-refractivity contribution in [3.63, 3.8) is 0 Å². The first-order valence-electron chi connectivity index (χ1n) is 24.3. The zero-order valence-corrected chi connectivity index (χ0v) is 43.6. The number of carbonyl (C=O) groups is 4. The number of nitrogens with zero attached hydrogens (tertiary/aromatic N) is 11. The van der Waals surface area contributed by atoms with Crippen molar-refractivity contribution in [2.45, 2.75) is 63.5 Å². The molecule has 3 amide bonds. The van der Waals surface area contributed by atoms with E-state index in [-0.39, 0.29) is 65.3 Å². The number of hydroxylamine groups is 3. The van der Waals surface area contributed by atoms with Crippen LogP contribution in [0.15, 0.2) is 143 Å². The molecule has 0 unspecified atom stereocenters. The predicted molar refractivity (Wildman–Crippen MR) is 281 cm³/mol. The monoisotopic (exact) mass is 1050 g/mol. The number of likely N-dealkylation sites (tertiary alicyclic amines) is 2. The van der Waals surface area contributed by atoms with Crippen LogP contribution in [0.2, 0.25) is 0 Å². The Balaban J connectivity index is 0.000000205. The summed E-state index contributed by atoms with van der Waals surface area (Å²) in [6.45, 7) is 4.82. The summed E-state index contributed by atoms with van der Waals surface area (Å²) in [6.07, 6.45) is 9.30. The Labute approximate surface area is 444 Å². The number of rotatable bonds is 12. The van der Waals surface area contributed by atoms with Crippen LogP contribution in [0.1, 0.15) is 105 Å². The fourth-order valence-electron chi connectivity index (χ4n) is 8.95. The van der Waals surface area contributed by atoms with Gasteiger partial charge >= 0.3 is 5.97 Å². The molecule has 2 aliphatic heterocycles. The Morgan fingerprint density at radius 3 is 1.38 bits per heavy atom. The Kier molecular flexibility index (Phi) is 18.7. The van der Waals surface area contributed by atoms with E-state index in [9.17, 15) is 24.3 Å². The quantitative estimate of drug-likeness (QED) is 0.110. The average molecular weight is 1060 g/mol. The van der Waals surface area contributed by atoms with Crippen molar-refractivity contribution in [1.29, 1.82) is 0 Å². The zero-order chi connectivity index (χ0) is 53.0. The molecule has 6 heterocycles. The van der Waals surface area contributed by atoms with Gasteiger partial charge in [0.25, 0.3) is 17.7 Å². The molecule has 0 radical (unpaired) electrons. The molecule has 2 fully saturated rings. The normalized spacial score (nSPS) is 17.0. The van der Waals surface area contributed by atoms with Gasteiger partial charge in [-0.05, 0) is 63.8 Å². The van der Waals surface area contributed by atoms with Gasteiger partial charge in [0, 0.05) is 50.4 Å². The minimum atomic E-state index is -1.15. The van der Waals surface area contributed by atoms with Crippen LogP contribution in [0.3, 0.4) is 0 Å². The number of nitrogens with one attached hydrogen (secondary N) is 1. The molecular weight excluding hydrogens is 996 g/mol. The number of amides is 3. The fourth-order valence-corrected chi connectivity index (χ4v) is 8.95. The van der Waals surface area contributed by atoms with Crippen molar-refractivity contribution in [3.8, 4) is 34.0 Å². The molecule has 2 aliphatic rings. The highest BCUT2D eigenvalue weighted by Crippen LogP contribution is 2.37. The predicted octanol–water partition coefficient (Wildman–Crippen LogP) is 8.18. The van der Waals surface area contributed by atoms with E-state index >= 15 is 0 Å². The number of hydrogen-bond acceptors (Lipinski definition) is 15. The molecule has 396 valence electrons. The lowest BCUT2D eigenvalue weighted by Gasteiger charge is -2.37. The summed E-state index contributed by atoms with van der Waals surface area (Å²) in [5.41, 5.74) is 6.11. The van der Waals surface area contributed by atoms with Crippen LogP contribution in [0.4, 0.5) is 0 Å². The van der Waals surface area contributed by atoms with Crippen molar-refractivity contribution in [2.75, 3.05) is 41.4 Å². The molecule has 4 aromatic carbocycles. The van der Waals surface area contributed by atoms with Crippen molar-refractivity contribution in [2.24, 2.45) is 0 Å². The van der Waals surface area contributed by atoms with E-state index in [1.54, 1.807) is 74.2 Å². The second kappa shape index (κ2) is 25.7. The molecule has 8 aromatic rings. The number of aromatic carboxylic acids is 1. The van der Waals surface area contributed by atoms with Crippen LogP contribution < -0.4 is 5.48 Å². The molecule has 0 aliphatic carbocycles. The van der Waals surface area contributed by atoms with Gasteiger partial charge in [0.1, 0.15) is 0 Å². The highest BCUT2D eigenvalue weighted by Gasteiger charge is 2.37. The lowest BCUT2D eigenvalue weighted by molar-refractivity contribution is -0.0760. The van der Waals surface area contributed by atoms with Gasteiger partial charge in [-0.3, -0.25) is 19.2 Å². The molecular formula is C54H59ClN12O9. The number of halogens is 1. The van der Waals surface area contributed by atoms with E-state index in [2.05, 4.69) is 40.7 Å². The summed E-state index contributed by atoms with van der Waals surface area (Å²) >= 11 is 0. The maximum absolute atomic E-state index is 13.8. The maximum Gasteiger partial charge on any atom is 0.358 e. The molecule has 2 N–H and O–H groups in total. The zero-order valence-electron chi connectivity index (χ0n) is 42.8. The number of carboxylic acid groups (broad SMARTS) is 1. The molecule has 10 rings (SSSR count). The highest BCUT2D eigenvalue weighted by molar-refractivity contribution is 5.99. The molecule has 4 aromatic heterocycles. The molecule has 0 bridgehead atoms. The lowest BCUT2D eigenvalue weighted by atomic mass is 9.92. The number of carboxylic acids is 1. The Morgan fingerprint density at radius 2 is 0.987 bits per heavy atom. The fraction of sp³-hybridized carbons (Fsp3) is 0.296. The number of hydrogen-bond donors (Lipinski definition) is 2. The van der Waals surface area contributed by atoms with Crippen molar-refractivity contribution < 1.29 is 42.8 Å².